The number of aromatic nitrogens is 2. The van der Waals surface area contributed by atoms with Crippen LogP contribution in [0.1, 0.15) is 35.2 Å². The summed E-state index contributed by atoms with van der Waals surface area (Å²) in [5.74, 6) is 0.861. The molecule has 0 saturated carbocycles. The van der Waals surface area contributed by atoms with Gasteiger partial charge in [0.05, 0.1) is 0 Å². The summed E-state index contributed by atoms with van der Waals surface area (Å²) in [5, 5.41) is 11.3. The van der Waals surface area contributed by atoms with Crippen LogP contribution >= 0.6 is 0 Å². The highest BCUT2D eigenvalue weighted by atomic mass is 16.5. The molecule has 2 aromatic carbocycles. The highest BCUT2D eigenvalue weighted by molar-refractivity contribution is 5.94. The zero-order chi connectivity index (χ0) is 23.9. The summed E-state index contributed by atoms with van der Waals surface area (Å²) in [6.45, 7) is 4.40. The number of piperidine rings is 1. The smallest absolute Gasteiger partial charge is 0.253 e. The molecule has 0 spiro atoms. The standard InChI is InChI=1S/C26H30N4O4/c1-18-5-3-6-22(17-18)25-29-28-24(34-25)20-7-9-21(10-8-20)26(32)30-14-11-19(12-15-30)23(31)27-13-4-16-33-2/h3,5-10,17,19H,4,11-16H2,1-2H3,(H,27,31). The molecule has 0 unspecified atom stereocenters. The summed E-state index contributed by atoms with van der Waals surface area (Å²) < 4.78 is 10.8. The topological polar surface area (TPSA) is 97.6 Å². The van der Waals surface area contributed by atoms with E-state index in [9.17, 15) is 9.59 Å². The van der Waals surface area contributed by atoms with Crippen molar-refractivity contribution < 1.29 is 18.7 Å². The lowest BCUT2D eigenvalue weighted by Crippen LogP contribution is -2.43. The van der Waals surface area contributed by atoms with Crippen molar-refractivity contribution >= 4 is 11.8 Å². The van der Waals surface area contributed by atoms with Crippen LogP contribution in [-0.2, 0) is 9.53 Å². The van der Waals surface area contributed by atoms with E-state index in [0.29, 0.717) is 56.4 Å². The molecule has 0 bridgehead atoms. The molecule has 3 aromatic rings. The molecule has 1 saturated heterocycles. The van der Waals surface area contributed by atoms with Crippen molar-refractivity contribution in [2.45, 2.75) is 26.2 Å². The van der Waals surface area contributed by atoms with Crippen LogP contribution in [0.2, 0.25) is 0 Å². The Hall–Kier alpha value is -3.52. The molecule has 0 aliphatic carbocycles. The minimum Gasteiger partial charge on any atom is -0.416 e. The maximum Gasteiger partial charge on any atom is 0.253 e. The number of nitrogens with zero attached hydrogens (tertiary/aromatic N) is 3. The number of amides is 2. The Morgan fingerprint density at radius 3 is 2.44 bits per heavy atom. The van der Waals surface area contributed by atoms with Gasteiger partial charge in [-0.3, -0.25) is 9.59 Å². The maximum absolute atomic E-state index is 12.9. The fourth-order valence-corrected chi connectivity index (χ4v) is 4.09. The number of benzene rings is 2. The average molecular weight is 463 g/mol. The highest BCUT2D eigenvalue weighted by Crippen LogP contribution is 2.25. The molecule has 34 heavy (non-hydrogen) atoms. The first-order chi connectivity index (χ1) is 16.5. The minimum atomic E-state index is -0.0471. The summed E-state index contributed by atoms with van der Waals surface area (Å²) in [5.41, 5.74) is 3.35. The molecule has 2 heterocycles. The average Bonchev–Trinajstić information content (AvgIpc) is 3.37. The summed E-state index contributed by atoms with van der Waals surface area (Å²) in [7, 11) is 1.65. The Bertz CT molecular complexity index is 1120. The first kappa shape index (κ1) is 23.6. The number of hydrogen-bond acceptors (Lipinski definition) is 6. The maximum atomic E-state index is 12.9. The molecule has 1 aromatic heterocycles. The lowest BCUT2D eigenvalue weighted by atomic mass is 9.95. The van der Waals surface area contributed by atoms with E-state index < -0.39 is 0 Å². The fraction of sp³-hybridized carbons (Fsp3) is 0.385. The first-order valence-electron chi connectivity index (χ1n) is 11.6. The monoisotopic (exact) mass is 462 g/mol. The van der Waals surface area contributed by atoms with Crippen molar-refractivity contribution in [1.29, 1.82) is 0 Å². The van der Waals surface area contributed by atoms with Gasteiger partial charge in [0.25, 0.3) is 5.91 Å². The molecule has 1 aliphatic heterocycles. The number of carbonyl (C=O) groups excluding carboxylic acids is 2. The van der Waals surface area contributed by atoms with Gasteiger partial charge < -0.3 is 19.4 Å². The molecule has 8 nitrogen and oxygen atoms in total. The van der Waals surface area contributed by atoms with E-state index in [0.717, 1.165) is 23.1 Å². The third kappa shape index (κ3) is 5.69. The van der Waals surface area contributed by atoms with Crippen LogP contribution in [0.4, 0.5) is 0 Å². The van der Waals surface area contributed by atoms with Crippen LogP contribution < -0.4 is 5.32 Å². The van der Waals surface area contributed by atoms with Gasteiger partial charge in [0.1, 0.15) is 0 Å². The van der Waals surface area contributed by atoms with Crippen molar-refractivity contribution in [3.8, 4) is 22.9 Å². The van der Waals surface area contributed by atoms with Gasteiger partial charge in [-0.25, -0.2) is 0 Å². The number of carbonyl (C=O) groups is 2. The van der Waals surface area contributed by atoms with Gasteiger partial charge >= 0.3 is 0 Å². The molecular formula is C26H30N4O4. The molecule has 0 atom stereocenters. The highest BCUT2D eigenvalue weighted by Gasteiger charge is 2.27. The Kier molecular flexibility index (Phi) is 7.69. The second kappa shape index (κ2) is 11.1. The summed E-state index contributed by atoms with van der Waals surface area (Å²) in [4.78, 5) is 27.1. The van der Waals surface area contributed by atoms with E-state index in [-0.39, 0.29) is 17.7 Å². The van der Waals surface area contributed by atoms with Crippen molar-refractivity contribution in [3.63, 3.8) is 0 Å². The Morgan fingerprint density at radius 2 is 1.76 bits per heavy atom. The largest absolute Gasteiger partial charge is 0.416 e. The van der Waals surface area contributed by atoms with E-state index in [1.54, 1.807) is 19.2 Å². The molecule has 1 N–H and O–H groups in total. The van der Waals surface area contributed by atoms with Crippen molar-refractivity contribution in [2.75, 3.05) is 33.4 Å². The Morgan fingerprint density at radius 1 is 1.06 bits per heavy atom. The molecule has 1 aliphatic rings. The molecule has 0 radical (unpaired) electrons. The number of ether oxygens (including phenoxy) is 1. The number of likely N-dealkylation sites (tertiary alicyclic amines) is 1. The van der Waals surface area contributed by atoms with Crippen LogP contribution in [0, 0.1) is 12.8 Å². The minimum absolute atomic E-state index is 0.0310. The zero-order valence-electron chi connectivity index (χ0n) is 19.6. The second-order valence-electron chi connectivity index (χ2n) is 8.56. The van der Waals surface area contributed by atoms with E-state index in [1.165, 1.54) is 0 Å². The Balaban J connectivity index is 1.32. The van der Waals surface area contributed by atoms with E-state index in [4.69, 9.17) is 9.15 Å². The summed E-state index contributed by atoms with van der Waals surface area (Å²) in [6, 6.07) is 15.1. The van der Waals surface area contributed by atoms with Gasteiger partial charge in [0, 0.05) is 56.0 Å². The fourth-order valence-electron chi connectivity index (χ4n) is 4.09. The van der Waals surface area contributed by atoms with E-state index in [1.807, 2.05) is 48.2 Å². The molecule has 178 valence electrons. The first-order valence-corrected chi connectivity index (χ1v) is 11.6. The van der Waals surface area contributed by atoms with Gasteiger partial charge in [0.15, 0.2) is 0 Å². The number of nitrogens with one attached hydrogen (secondary N) is 1. The van der Waals surface area contributed by atoms with Crippen molar-refractivity contribution in [2.24, 2.45) is 5.92 Å². The van der Waals surface area contributed by atoms with Gasteiger partial charge in [-0.05, 0) is 62.6 Å². The second-order valence-corrected chi connectivity index (χ2v) is 8.56. The number of hydrogen-bond donors (Lipinski definition) is 1. The van der Waals surface area contributed by atoms with Crippen LogP contribution in [0.5, 0.6) is 0 Å². The molecular weight excluding hydrogens is 432 g/mol. The number of aryl methyl sites for hydroxylation is 1. The van der Waals surface area contributed by atoms with E-state index >= 15 is 0 Å². The summed E-state index contributed by atoms with van der Waals surface area (Å²) in [6.07, 6.45) is 2.14. The van der Waals surface area contributed by atoms with Crippen LogP contribution in [-0.4, -0.2) is 60.3 Å². The van der Waals surface area contributed by atoms with Gasteiger partial charge in [-0.15, -0.1) is 10.2 Å². The molecule has 1 fully saturated rings. The van der Waals surface area contributed by atoms with Gasteiger partial charge in [0.2, 0.25) is 17.7 Å². The summed E-state index contributed by atoms with van der Waals surface area (Å²) >= 11 is 0. The van der Waals surface area contributed by atoms with Gasteiger partial charge in [-0.1, -0.05) is 17.7 Å². The zero-order valence-corrected chi connectivity index (χ0v) is 19.6. The third-order valence-electron chi connectivity index (χ3n) is 6.05. The van der Waals surface area contributed by atoms with Crippen LogP contribution in [0.25, 0.3) is 22.9 Å². The normalized spacial score (nSPS) is 14.2. The van der Waals surface area contributed by atoms with Crippen LogP contribution in [0.3, 0.4) is 0 Å². The number of methoxy groups -OCH3 is 1. The number of rotatable bonds is 8. The van der Waals surface area contributed by atoms with E-state index in [2.05, 4.69) is 15.5 Å². The predicted molar refractivity (Wildman–Crippen MR) is 128 cm³/mol. The Labute approximate surface area is 199 Å². The molecule has 8 heteroatoms. The SMILES string of the molecule is COCCCNC(=O)C1CCN(C(=O)c2ccc(-c3nnc(-c4cccc(C)c4)o3)cc2)CC1. The van der Waals surface area contributed by atoms with Crippen molar-refractivity contribution in [3.05, 3.63) is 59.7 Å². The quantitative estimate of drug-likeness (QED) is 0.513. The van der Waals surface area contributed by atoms with Crippen molar-refractivity contribution in [1.82, 2.24) is 20.4 Å². The van der Waals surface area contributed by atoms with Gasteiger partial charge in [-0.2, -0.15) is 0 Å². The molecule has 2 amide bonds. The van der Waals surface area contributed by atoms with Crippen LogP contribution in [0.15, 0.2) is 52.9 Å². The third-order valence-corrected chi connectivity index (χ3v) is 6.05. The lowest BCUT2D eigenvalue weighted by Gasteiger charge is -2.31. The molecule has 4 rings (SSSR count). The lowest BCUT2D eigenvalue weighted by molar-refractivity contribution is -0.126. The predicted octanol–water partition coefficient (Wildman–Crippen LogP) is 3.72.